The number of hydrogen-bond acceptors (Lipinski definition) is 5. The summed E-state index contributed by atoms with van der Waals surface area (Å²) in [6, 6.07) is 5.04. The SMILES string of the molecule is CCCOc1cc(N2CCCCC2CO)ccc1[N+](=O)[O-]. The highest BCUT2D eigenvalue weighted by Crippen LogP contribution is 2.34. The van der Waals surface area contributed by atoms with Crippen molar-refractivity contribution in [2.45, 2.75) is 38.6 Å². The number of anilines is 1. The Kier molecular flexibility index (Phi) is 5.38. The molecule has 1 unspecified atom stereocenters. The summed E-state index contributed by atoms with van der Waals surface area (Å²) < 4.78 is 5.52. The lowest BCUT2D eigenvalue weighted by Gasteiger charge is -2.36. The minimum absolute atomic E-state index is 0.00948. The minimum atomic E-state index is -0.422. The van der Waals surface area contributed by atoms with Crippen LogP contribution < -0.4 is 9.64 Å². The molecular weight excluding hydrogens is 272 g/mol. The summed E-state index contributed by atoms with van der Waals surface area (Å²) in [5.74, 6) is 0.307. The van der Waals surface area contributed by atoms with Gasteiger partial charge in [-0.2, -0.15) is 0 Å². The average molecular weight is 294 g/mol. The molecule has 0 aliphatic carbocycles. The average Bonchev–Trinajstić information content (AvgIpc) is 2.52. The molecule has 1 atom stereocenters. The van der Waals surface area contributed by atoms with Crippen molar-refractivity contribution in [1.29, 1.82) is 0 Å². The molecule has 2 rings (SSSR count). The minimum Gasteiger partial charge on any atom is -0.487 e. The number of ether oxygens (including phenoxy) is 1. The van der Waals surface area contributed by atoms with E-state index in [0.717, 1.165) is 37.9 Å². The van der Waals surface area contributed by atoms with Gasteiger partial charge < -0.3 is 14.7 Å². The highest BCUT2D eigenvalue weighted by atomic mass is 16.6. The number of nitro groups is 1. The normalized spacial score (nSPS) is 18.6. The molecule has 0 bridgehead atoms. The van der Waals surface area contributed by atoms with Crippen LogP contribution in [0.2, 0.25) is 0 Å². The molecule has 1 fully saturated rings. The van der Waals surface area contributed by atoms with E-state index >= 15 is 0 Å². The number of nitro benzene ring substituents is 1. The second-order valence-electron chi connectivity index (χ2n) is 5.28. The summed E-state index contributed by atoms with van der Waals surface area (Å²) in [5.41, 5.74) is 0.871. The molecule has 1 aromatic rings. The van der Waals surface area contributed by atoms with Gasteiger partial charge in [-0.1, -0.05) is 6.92 Å². The third-order valence-corrected chi connectivity index (χ3v) is 3.77. The van der Waals surface area contributed by atoms with Gasteiger partial charge in [-0.3, -0.25) is 10.1 Å². The van der Waals surface area contributed by atoms with Crippen molar-refractivity contribution >= 4 is 11.4 Å². The van der Waals surface area contributed by atoms with Crippen molar-refractivity contribution in [3.8, 4) is 5.75 Å². The molecule has 1 saturated heterocycles. The number of piperidine rings is 1. The molecule has 6 nitrogen and oxygen atoms in total. The maximum atomic E-state index is 11.1. The number of rotatable bonds is 6. The summed E-state index contributed by atoms with van der Waals surface area (Å²) in [5, 5.41) is 20.6. The fourth-order valence-corrected chi connectivity index (χ4v) is 2.69. The predicted molar refractivity (Wildman–Crippen MR) is 81.0 cm³/mol. The first kappa shape index (κ1) is 15.6. The van der Waals surface area contributed by atoms with E-state index in [4.69, 9.17) is 4.74 Å². The molecule has 116 valence electrons. The van der Waals surface area contributed by atoms with Crippen LogP contribution in [0, 0.1) is 10.1 Å². The van der Waals surface area contributed by atoms with Crippen LogP contribution in [0.3, 0.4) is 0 Å². The lowest BCUT2D eigenvalue weighted by molar-refractivity contribution is -0.385. The molecule has 0 radical (unpaired) electrons. The van der Waals surface area contributed by atoms with E-state index in [2.05, 4.69) is 4.90 Å². The van der Waals surface area contributed by atoms with E-state index in [-0.39, 0.29) is 18.3 Å². The fourth-order valence-electron chi connectivity index (χ4n) is 2.69. The molecule has 0 amide bonds. The Morgan fingerprint density at radius 2 is 2.29 bits per heavy atom. The largest absolute Gasteiger partial charge is 0.487 e. The van der Waals surface area contributed by atoms with Crippen LogP contribution in [0.15, 0.2) is 18.2 Å². The van der Waals surface area contributed by atoms with Gasteiger partial charge in [0.05, 0.1) is 24.2 Å². The quantitative estimate of drug-likeness (QED) is 0.645. The lowest BCUT2D eigenvalue weighted by Crippen LogP contribution is -2.41. The van der Waals surface area contributed by atoms with Crippen molar-refractivity contribution in [3.05, 3.63) is 28.3 Å². The van der Waals surface area contributed by atoms with Gasteiger partial charge >= 0.3 is 5.69 Å². The number of hydrogen-bond donors (Lipinski definition) is 1. The first-order valence-corrected chi connectivity index (χ1v) is 7.46. The van der Waals surface area contributed by atoms with Gasteiger partial charge in [-0.15, -0.1) is 0 Å². The second kappa shape index (κ2) is 7.26. The molecule has 6 heteroatoms. The van der Waals surface area contributed by atoms with Crippen molar-refractivity contribution in [3.63, 3.8) is 0 Å². The zero-order chi connectivity index (χ0) is 15.2. The van der Waals surface area contributed by atoms with Gasteiger partial charge in [-0.05, 0) is 31.7 Å². The van der Waals surface area contributed by atoms with Crippen LogP contribution in [-0.4, -0.2) is 35.8 Å². The summed E-state index contributed by atoms with van der Waals surface area (Å²) >= 11 is 0. The van der Waals surface area contributed by atoms with E-state index in [1.54, 1.807) is 12.1 Å². The van der Waals surface area contributed by atoms with Crippen molar-refractivity contribution in [2.24, 2.45) is 0 Å². The Hall–Kier alpha value is -1.82. The number of aliphatic hydroxyl groups excluding tert-OH is 1. The third kappa shape index (κ3) is 3.64. The highest BCUT2D eigenvalue weighted by Gasteiger charge is 2.24. The number of aliphatic hydroxyl groups is 1. The molecule has 1 heterocycles. The van der Waals surface area contributed by atoms with Gasteiger partial charge in [-0.25, -0.2) is 0 Å². The highest BCUT2D eigenvalue weighted by molar-refractivity contribution is 5.60. The maximum absolute atomic E-state index is 11.1. The summed E-state index contributed by atoms with van der Waals surface area (Å²) in [4.78, 5) is 12.8. The lowest BCUT2D eigenvalue weighted by atomic mass is 10.0. The van der Waals surface area contributed by atoms with Crippen LogP contribution >= 0.6 is 0 Å². The molecule has 0 saturated carbocycles. The van der Waals surface area contributed by atoms with E-state index < -0.39 is 4.92 Å². The van der Waals surface area contributed by atoms with Crippen LogP contribution in [0.1, 0.15) is 32.6 Å². The van der Waals surface area contributed by atoms with E-state index in [1.807, 2.05) is 6.92 Å². The van der Waals surface area contributed by atoms with Gasteiger partial charge in [0.15, 0.2) is 5.75 Å². The van der Waals surface area contributed by atoms with E-state index in [0.29, 0.717) is 12.4 Å². The summed E-state index contributed by atoms with van der Waals surface area (Å²) in [6.07, 6.45) is 3.91. The molecule has 21 heavy (non-hydrogen) atoms. The van der Waals surface area contributed by atoms with Gasteiger partial charge in [0.1, 0.15) is 0 Å². The first-order valence-electron chi connectivity index (χ1n) is 7.46. The van der Waals surface area contributed by atoms with Gasteiger partial charge in [0.2, 0.25) is 0 Å². The van der Waals surface area contributed by atoms with Crippen molar-refractivity contribution in [1.82, 2.24) is 0 Å². The van der Waals surface area contributed by atoms with Crippen molar-refractivity contribution in [2.75, 3.05) is 24.7 Å². The molecule has 1 N–H and O–H groups in total. The first-order chi connectivity index (χ1) is 10.2. The summed E-state index contributed by atoms with van der Waals surface area (Å²) in [7, 11) is 0. The number of nitrogens with zero attached hydrogens (tertiary/aromatic N) is 2. The molecule has 0 spiro atoms. The topological polar surface area (TPSA) is 75.8 Å². The maximum Gasteiger partial charge on any atom is 0.311 e. The second-order valence-corrected chi connectivity index (χ2v) is 5.28. The van der Waals surface area contributed by atoms with Crippen LogP contribution in [0.5, 0.6) is 5.75 Å². The standard InChI is InChI=1S/C15H22N2O4/c1-2-9-21-15-10-12(6-7-14(15)17(19)20)16-8-4-3-5-13(16)11-18/h6-7,10,13,18H,2-5,8-9,11H2,1H3. The summed E-state index contributed by atoms with van der Waals surface area (Å²) in [6.45, 7) is 3.37. The zero-order valence-electron chi connectivity index (χ0n) is 12.3. The van der Waals surface area contributed by atoms with E-state index in [1.165, 1.54) is 6.07 Å². The van der Waals surface area contributed by atoms with Crippen LogP contribution in [-0.2, 0) is 0 Å². The molecule has 1 aromatic carbocycles. The van der Waals surface area contributed by atoms with Crippen molar-refractivity contribution < 1.29 is 14.8 Å². The Balaban J connectivity index is 2.29. The van der Waals surface area contributed by atoms with E-state index in [9.17, 15) is 15.2 Å². The molecule has 1 aliphatic rings. The van der Waals surface area contributed by atoms with Crippen LogP contribution in [0.25, 0.3) is 0 Å². The van der Waals surface area contributed by atoms with Crippen LogP contribution in [0.4, 0.5) is 11.4 Å². The van der Waals surface area contributed by atoms with Gasteiger partial charge in [0.25, 0.3) is 0 Å². The Morgan fingerprint density at radius 3 is 2.95 bits per heavy atom. The zero-order valence-corrected chi connectivity index (χ0v) is 12.3. The molecule has 0 aromatic heterocycles. The number of benzene rings is 1. The smallest absolute Gasteiger partial charge is 0.311 e. The molecule has 1 aliphatic heterocycles. The predicted octanol–water partition coefficient (Wildman–Crippen LogP) is 2.73. The Labute approximate surface area is 124 Å². The Bertz CT molecular complexity index is 493. The monoisotopic (exact) mass is 294 g/mol. The fraction of sp³-hybridized carbons (Fsp3) is 0.600. The third-order valence-electron chi connectivity index (χ3n) is 3.77. The van der Waals surface area contributed by atoms with Gasteiger partial charge in [0, 0.05) is 24.4 Å². The molecular formula is C15H22N2O4. The Morgan fingerprint density at radius 1 is 1.48 bits per heavy atom.